The van der Waals surface area contributed by atoms with Crippen LogP contribution in [-0.4, -0.2) is 24.1 Å². The van der Waals surface area contributed by atoms with Crippen LogP contribution in [0.2, 0.25) is 0 Å². The molecule has 1 heterocycles. The van der Waals surface area contributed by atoms with E-state index in [0.717, 1.165) is 22.5 Å². The summed E-state index contributed by atoms with van der Waals surface area (Å²) >= 11 is 0. The highest BCUT2D eigenvalue weighted by atomic mass is 19.1. The molecule has 0 aliphatic rings. The summed E-state index contributed by atoms with van der Waals surface area (Å²) in [7, 11) is 3.11. The number of nitrogens with one attached hydrogen (secondary N) is 1. The summed E-state index contributed by atoms with van der Waals surface area (Å²) in [5.74, 6) is 0.267. The molecule has 1 atom stereocenters. The van der Waals surface area contributed by atoms with E-state index in [1.807, 2.05) is 20.8 Å². The quantitative estimate of drug-likeness (QED) is 0.879. The van der Waals surface area contributed by atoms with Gasteiger partial charge in [-0.15, -0.1) is 0 Å². The third-order valence-corrected chi connectivity index (χ3v) is 3.61. The van der Waals surface area contributed by atoms with Crippen molar-refractivity contribution in [2.75, 3.05) is 19.1 Å². The van der Waals surface area contributed by atoms with Crippen LogP contribution in [0, 0.1) is 17.9 Å². The van der Waals surface area contributed by atoms with Crippen molar-refractivity contribution in [2.24, 2.45) is 0 Å². The largest absolute Gasteiger partial charge is 0.608 e. The number of benzene rings is 1. The van der Waals surface area contributed by atoms with Crippen molar-refractivity contribution < 1.29 is 9.56 Å². The third-order valence-electron chi connectivity index (χ3n) is 3.61. The Bertz CT molecular complexity index is 656. The highest BCUT2D eigenvalue weighted by Crippen LogP contribution is 2.28. The van der Waals surface area contributed by atoms with E-state index in [4.69, 9.17) is 0 Å². The molecule has 118 valence electrons. The van der Waals surface area contributed by atoms with Crippen LogP contribution in [0.4, 0.5) is 10.3 Å². The number of hydrogen-bond acceptors (Lipinski definition) is 4. The van der Waals surface area contributed by atoms with E-state index in [1.54, 1.807) is 19.2 Å². The monoisotopic (exact) mass is 304 g/mol. The first-order valence-corrected chi connectivity index (χ1v) is 7.20. The zero-order valence-corrected chi connectivity index (χ0v) is 13.5. The minimum absolute atomic E-state index is 0.136. The van der Waals surface area contributed by atoms with Crippen LogP contribution in [0.25, 0.3) is 11.3 Å². The van der Waals surface area contributed by atoms with Gasteiger partial charge >= 0.3 is 0 Å². The van der Waals surface area contributed by atoms with E-state index in [2.05, 4.69) is 9.97 Å². The lowest BCUT2D eigenvalue weighted by Crippen LogP contribution is -3.11. The number of rotatable bonds is 4. The summed E-state index contributed by atoms with van der Waals surface area (Å²) in [6.45, 7) is 6.04. The fourth-order valence-corrected chi connectivity index (χ4v) is 2.26. The second-order valence-corrected chi connectivity index (χ2v) is 5.62. The normalized spacial score (nSPS) is 12.5. The Morgan fingerprint density at radius 3 is 2.27 bits per heavy atom. The second-order valence-electron chi connectivity index (χ2n) is 5.62. The lowest BCUT2D eigenvalue weighted by atomic mass is 10.00. The Hall–Kier alpha value is -2.05. The van der Waals surface area contributed by atoms with Gasteiger partial charge in [0.1, 0.15) is 5.82 Å². The second kappa shape index (κ2) is 6.37. The molecule has 0 amide bonds. The van der Waals surface area contributed by atoms with Crippen molar-refractivity contribution in [3.05, 3.63) is 46.5 Å². The van der Waals surface area contributed by atoms with Crippen molar-refractivity contribution in [3.63, 3.8) is 0 Å². The molecule has 22 heavy (non-hydrogen) atoms. The Morgan fingerprint density at radius 2 is 1.77 bits per heavy atom. The molecule has 2 rings (SSSR count). The lowest BCUT2D eigenvalue weighted by molar-refractivity contribution is -0.834. The molecule has 1 aromatic heterocycles. The Morgan fingerprint density at radius 1 is 1.18 bits per heavy atom. The van der Waals surface area contributed by atoms with Crippen LogP contribution in [0.1, 0.15) is 31.0 Å². The van der Waals surface area contributed by atoms with Gasteiger partial charge in [-0.05, 0) is 42.7 Å². The zero-order chi connectivity index (χ0) is 16.4. The first kappa shape index (κ1) is 16.3. The molecule has 2 aromatic rings. The molecular formula is C16H21FN4O. The van der Waals surface area contributed by atoms with Crippen molar-refractivity contribution in [3.8, 4) is 11.3 Å². The summed E-state index contributed by atoms with van der Waals surface area (Å²) in [6.07, 6.45) is 0. The average Bonchev–Trinajstić information content (AvgIpc) is 2.47. The predicted molar refractivity (Wildman–Crippen MR) is 84.9 cm³/mol. The van der Waals surface area contributed by atoms with Gasteiger partial charge in [0.15, 0.2) is 0 Å². The molecule has 5 nitrogen and oxygen atoms in total. The number of hydrogen-bond donors (Lipinski definition) is 1. The van der Waals surface area contributed by atoms with E-state index in [0.29, 0.717) is 5.95 Å². The predicted octanol–water partition coefficient (Wildman–Crippen LogP) is 2.08. The Kier molecular flexibility index (Phi) is 4.73. The van der Waals surface area contributed by atoms with Crippen molar-refractivity contribution in [1.29, 1.82) is 0 Å². The standard InChI is InChI=1S/C16H21FN4O/c1-10(2)14-11(3)15(12-6-8-13(17)9-7-12)19-16(18-14)20(4)21(5)22/h6-10,21H,1-5H3. The summed E-state index contributed by atoms with van der Waals surface area (Å²) in [4.78, 5) is 9.02. The Labute approximate surface area is 130 Å². The van der Waals surface area contributed by atoms with Crippen LogP contribution >= 0.6 is 0 Å². The molecule has 0 fully saturated rings. The highest BCUT2D eigenvalue weighted by molar-refractivity contribution is 5.65. The molecule has 0 saturated heterocycles. The maximum absolute atomic E-state index is 13.1. The van der Waals surface area contributed by atoms with Gasteiger partial charge in [0, 0.05) is 5.56 Å². The molecule has 0 bridgehead atoms. The van der Waals surface area contributed by atoms with Crippen molar-refractivity contribution in [2.45, 2.75) is 26.7 Å². The smallest absolute Gasteiger partial charge is 0.272 e. The maximum atomic E-state index is 13.1. The van der Waals surface area contributed by atoms with Crippen LogP contribution in [0.3, 0.4) is 0 Å². The van der Waals surface area contributed by atoms with Crippen LogP contribution in [0.5, 0.6) is 0 Å². The van der Waals surface area contributed by atoms with Crippen molar-refractivity contribution >= 4 is 5.95 Å². The number of nitrogens with zero attached hydrogens (tertiary/aromatic N) is 3. The topological polar surface area (TPSA) is 56.5 Å². The fraction of sp³-hybridized carbons (Fsp3) is 0.375. The number of halogens is 1. The third kappa shape index (κ3) is 3.23. The molecule has 0 saturated carbocycles. The van der Waals surface area contributed by atoms with Gasteiger partial charge in [0.2, 0.25) is 0 Å². The summed E-state index contributed by atoms with van der Waals surface area (Å²) in [5, 5.41) is 12.9. The zero-order valence-electron chi connectivity index (χ0n) is 13.5. The van der Waals surface area contributed by atoms with E-state index in [9.17, 15) is 9.60 Å². The molecule has 0 aliphatic heterocycles. The van der Waals surface area contributed by atoms with Crippen molar-refractivity contribution in [1.82, 2.24) is 9.97 Å². The van der Waals surface area contributed by atoms with Crippen LogP contribution in [0.15, 0.2) is 24.3 Å². The SMILES string of the molecule is Cc1c(-c2ccc(F)cc2)nc(N(C)[NH+](C)[O-])nc1C(C)C. The number of aromatic nitrogens is 2. The average molecular weight is 304 g/mol. The number of anilines is 1. The van der Waals surface area contributed by atoms with Crippen LogP contribution in [-0.2, 0) is 0 Å². The van der Waals surface area contributed by atoms with Gasteiger partial charge in [-0.25, -0.2) is 14.4 Å². The van der Waals surface area contributed by atoms with Gasteiger partial charge in [0.05, 0.1) is 25.5 Å². The lowest BCUT2D eigenvalue weighted by Gasteiger charge is -2.28. The summed E-state index contributed by atoms with van der Waals surface area (Å²) < 4.78 is 13.1. The molecule has 0 radical (unpaired) electrons. The molecule has 1 aromatic carbocycles. The fourth-order valence-electron chi connectivity index (χ4n) is 2.26. The van der Waals surface area contributed by atoms with Gasteiger partial charge < -0.3 is 5.21 Å². The number of hydroxylamine groups is 1. The molecular weight excluding hydrogens is 283 g/mol. The van der Waals surface area contributed by atoms with Gasteiger partial charge in [0.25, 0.3) is 5.95 Å². The van der Waals surface area contributed by atoms with Gasteiger partial charge in [-0.2, -0.15) is 5.01 Å². The number of quaternary nitrogens is 1. The summed E-state index contributed by atoms with van der Waals surface area (Å²) in [6, 6.07) is 6.18. The molecule has 0 aliphatic carbocycles. The minimum Gasteiger partial charge on any atom is -0.608 e. The first-order valence-electron chi connectivity index (χ1n) is 7.20. The highest BCUT2D eigenvalue weighted by Gasteiger charge is 2.18. The molecule has 1 N–H and O–H groups in total. The van der Waals surface area contributed by atoms with E-state index < -0.39 is 0 Å². The van der Waals surface area contributed by atoms with Crippen LogP contribution < -0.4 is 10.2 Å². The molecule has 1 unspecified atom stereocenters. The maximum Gasteiger partial charge on any atom is 0.272 e. The van der Waals surface area contributed by atoms with E-state index >= 15 is 0 Å². The first-order chi connectivity index (χ1) is 10.3. The van der Waals surface area contributed by atoms with Gasteiger partial charge in [-0.3, -0.25) is 5.17 Å². The minimum atomic E-state index is -0.291. The molecule has 0 spiro atoms. The summed E-state index contributed by atoms with van der Waals surface area (Å²) in [5.41, 5.74) is 3.36. The van der Waals surface area contributed by atoms with E-state index in [1.165, 1.54) is 24.2 Å². The van der Waals surface area contributed by atoms with E-state index in [-0.39, 0.29) is 16.9 Å². The Balaban J connectivity index is 2.63. The molecule has 6 heteroatoms. The van der Waals surface area contributed by atoms with Gasteiger partial charge in [-0.1, -0.05) is 13.8 Å².